The SMILES string of the molecule is CCC1C(C)CCN1C(=O)c1ccc(NC(=O)CSc2nccn2C)cc1. The third-order valence-corrected chi connectivity index (χ3v) is 6.14. The molecule has 2 aromatic rings. The molecule has 3 rings (SSSR count). The molecule has 2 amide bonds. The van der Waals surface area contributed by atoms with E-state index in [2.05, 4.69) is 24.1 Å². The molecule has 1 saturated heterocycles. The Morgan fingerprint density at radius 3 is 2.67 bits per heavy atom. The van der Waals surface area contributed by atoms with Crippen LogP contribution >= 0.6 is 11.8 Å². The van der Waals surface area contributed by atoms with Crippen LogP contribution in [0.1, 0.15) is 37.0 Å². The van der Waals surface area contributed by atoms with Gasteiger partial charge in [-0.3, -0.25) is 9.59 Å². The number of hydrogen-bond acceptors (Lipinski definition) is 4. The number of nitrogens with zero attached hydrogens (tertiary/aromatic N) is 3. The average molecular weight is 387 g/mol. The van der Waals surface area contributed by atoms with Gasteiger partial charge in [-0.05, 0) is 43.0 Å². The van der Waals surface area contributed by atoms with Gasteiger partial charge in [-0.15, -0.1) is 0 Å². The fraction of sp³-hybridized carbons (Fsp3) is 0.450. The maximum atomic E-state index is 12.8. The standard InChI is InChI=1S/C20H26N4O2S/c1-4-17-14(2)9-11-24(17)19(26)15-5-7-16(8-6-15)22-18(25)13-27-20-21-10-12-23(20)3/h5-8,10,12,14,17H,4,9,11,13H2,1-3H3,(H,22,25). The minimum Gasteiger partial charge on any atom is -0.335 e. The summed E-state index contributed by atoms with van der Waals surface area (Å²) < 4.78 is 1.88. The number of aromatic nitrogens is 2. The second-order valence-electron chi connectivity index (χ2n) is 6.98. The van der Waals surface area contributed by atoms with Crippen molar-refractivity contribution < 1.29 is 9.59 Å². The predicted octanol–water partition coefficient (Wildman–Crippen LogP) is 3.41. The zero-order valence-corrected chi connectivity index (χ0v) is 16.8. The van der Waals surface area contributed by atoms with Gasteiger partial charge < -0.3 is 14.8 Å². The summed E-state index contributed by atoms with van der Waals surface area (Å²) in [4.78, 5) is 31.1. The fourth-order valence-corrected chi connectivity index (χ4v) is 4.30. The molecule has 0 saturated carbocycles. The van der Waals surface area contributed by atoms with E-state index in [-0.39, 0.29) is 17.6 Å². The molecule has 0 radical (unpaired) electrons. The molecule has 1 aromatic heterocycles. The Kier molecular flexibility index (Phi) is 6.21. The van der Waals surface area contributed by atoms with E-state index in [0.29, 0.717) is 23.2 Å². The molecular weight excluding hydrogens is 360 g/mol. The molecule has 1 aromatic carbocycles. The van der Waals surface area contributed by atoms with E-state index in [4.69, 9.17) is 0 Å². The van der Waals surface area contributed by atoms with Crippen LogP contribution in [0.5, 0.6) is 0 Å². The monoisotopic (exact) mass is 386 g/mol. The Balaban J connectivity index is 1.56. The zero-order valence-electron chi connectivity index (χ0n) is 16.0. The van der Waals surface area contributed by atoms with Crippen molar-refractivity contribution in [3.63, 3.8) is 0 Å². The maximum absolute atomic E-state index is 12.8. The highest BCUT2D eigenvalue weighted by atomic mass is 32.2. The number of carbonyl (C=O) groups is 2. The van der Waals surface area contributed by atoms with Crippen molar-refractivity contribution >= 4 is 29.3 Å². The van der Waals surface area contributed by atoms with Crippen molar-refractivity contribution in [1.29, 1.82) is 0 Å². The Bertz CT molecular complexity index is 803. The number of aryl methyl sites for hydroxylation is 1. The van der Waals surface area contributed by atoms with Crippen molar-refractivity contribution in [3.8, 4) is 0 Å². The lowest BCUT2D eigenvalue weighted by molar-refractivity contribution is -0.113. The van der Waals surface area contributed by atoms with Crippen molar-refractivity contribution in [2.45, 2.75) is 37.9 Å². The van der Waals surface area contributed by atoms with Gasteiger partial charge in [0.05, 0.1) is 5.75 Å². The normalized spacial score (nSPS) is 19.3. The fourth-order valence-electron chi connectivity index (χ4n) is 3.56. The Hall–Kier alpha value is -2.28. The molecule has 1 N–H and O–H groups in total. The van der Waals surface area contributed by atoms with Crippen LogP contribution in [0.25, 0.3) is 0 Å². The number of hydrogen-bond donors (Lipinski definition) is 1. The molecule has 0 aliphatic carbocycles. The second-order valence-corrected chi connectivity index (χ2v) is 7.92. The Morgan fingerprint density at radius 2 is 2.04 bits per heavy atom. The zero-order chi connectivity index (χ0) is 19.4. The van der Waals surface area contributed by atoms with Gasteiger partial charge in [0.1, 0.15) is 0 Å². The van der Waals surface area contributed by atoms with Gasteiger partial charge in [-0.2, -0.15) is 0 Å². The summed E-state index contributed by atoms with van der Waals surface area (Å²) in [6, 6.07) is 7.48. The number of anilines is 1. The van der Waals surface area contributed by atoms with E-state index in [1.54, 1.807) is 30.5 Å². The van der Waals surface area contributed by atoms with Crippen molar-refractivity contribution in [1.82, 2.24) is 14.5 Å². The molecule has 6 nitrogen and oxygen atoms in total. The first-order valence-corrected chi connectivity index (χ1v) is 10.3. The Morgan fingerprint density at radius 1 is 1.30 bits per heavy atom. The molecule has 27 heavy (non-hydrogen) atoms. The van der Waals surface area contributed by atoms with E-state index in [0.717, 1.165) is 24.5 Å². The number of carbonyl (C=O) groups excluding carboxylic acids is 2. The Labute approximate surface area is 164 Å². The van der Waals surface area contributed by atoms with Gasteiger partial charge in [-0.1, -0.05) is 25.6 Å². The summed E-state index contributed by atoms with van der Waals surface area (Å²) in [5.74, 6) is 0.819. The summed E-state index contributed by atoms with van der Waals surface area (Å²) in [6.07, 6.45) is 5.60. The average Bonchev–Trinajstić information content (AvgIpc) is 3.25. The van der Waals surface area contributed by atoms with E-state index in [1.807, 2.05) is 22.7 Å². The highest BCUT2D eigenvalue weighted by Gasteiger charge is 2.33. The van der Waals surface area contributed by atoms with Crippen LogP contribution in [0.15, 0.2) is 41.8 Å². The van der Waals surface area contributed by atoms with Gasteiger partial charge in [0.15, 0.2) is 5.16 Å². The predicted molar refractivity (Wildman–Crippen MR) is 108 cm³/mol. The van der Waals surface area contributed by atoms with Gasteiger partial charge in [0.25, 0.3) is 5.91 Å². The van der Waals surface area contributed by atoms with Crippen molar-refractivity contribution in [2.75, 3.05) is 17.6 Å². The number of thioether (sulfide) groups is 1. The third kappa shape index (κ3) is 4.53. The van der Waals surface area contributed by atoms with Crippen LogP contribution in [-0.2, 0) is 11.8 Å². The van der Waals surface area contributed by atoms with Crippen LogP contribution in [-0.4, -0.2) is 44.6 Å². The number of nitrogens with one attached hydrogen (secondary N) is 1. The van der Waals surface area contributed by atoms with Gasteiger partial charge >= 0.3 is 0 Å². The molecule has 0 spiro atoms. The number of rotatable bonds is 6. The summed E-state index contributed by atoms with van der Waals surface area (Å²) in [7, 11) is 1.90. The summed E-state index contributed by atoms with van der Waals surface area (Å²) in [6.45, 7) is 5.17. The van der Waals surface area contributed by atoms with E-state index in [9.17, 15) is 9.59 Å². The van der Waals surface area contributed by atoms with E-state index in [1.165, 1.54) is 11.8 Å². The number of benzene rings is 1. The maximum Gasteiger partial charge on any atom is 0.254 e. The first-order valence-electron chi connectivity index (χ1n) is 9.30. The molecule has 0 bridgehead atoms. The van der Waals surface area contributed by atoms with E-state index >= 15 is 0 Å². The second kappa shape index (κ2) is 8.61. The first kappa shape index (κ1) is 19.5. The summed E-state index contributed by atoms with van der Waals surface area (Å²) >= 11 is 1.39. The van der Waals surface area contributed by atoms with Crippen molar-refractivity contribution in [2.24, 2.45) is 13.0 Å². The van der Waals surface area contributed by atoms with Gasteiger partial charge in [0.2, 0.25) is 5.91 Å². The summed E-state index contributed by atoms with van der Waals surface area (Å²) in [5.41, 5.74) is 1.36. The number of amides is 2. The van der Waals surface area contributed by atoms with Crippen LogP contribution in [0, 0.1) is 5.92 Å². The molecule has 2 unspecified atom stereocenters. The number of imidazole rings is 1. The lowest BCUT2D eigenvalue weighted by atomic mass is 10.0. The third-order valence-electron chi connectivity index (χ3n) is 5.09. The van der Waals surface area contributed by atoms with Crippen LogP contribution < -0.4 is 5.32 Å². The lowest BCUT2D eigenvalue weighted by Gasteiger charge is -2.26. The molecule has 1 aliphatic heterocycles. The van der Waals surface area contributed by atoms with Crippen LogP contribution in [0.4, 0.5) is 5.69 Å². The molecule has 1 aliphatic rings. The first-order chi connectivity index (χ1) is 13.0. The summed E-state index contributed by atoms with van der Waals surface area (Å²) in [5, 5.41) is 3.67. The highest BCUT2D eigenvalue weighted by molar-refractivity contribution is 7.99. The highest BCUT2D eigenvalue weighted by Crippen LogP contribution is 2.28. The smallest absolute Gasteiger partial charge is 0.254 e. The van der Waals surface area contributed by atoms with E-state index < -0.39 is 0 Å². The van der Waals surface area contributed by atoms with Crippen LogP contribution in [0.3, 0.4) is 0 Å². The quantitative estimate of drug-likeness (QED) is 0.773. The molecule has 1 fully saturated rings. The minimum absolute atomic E-state index is 0.0782. The minimum atomic E-state index is -0.0958. The van der Waals surface area contributed by atoms with Gasteiger partial charge in [-0.25, -0.2) is 4.98 Å². The van der Waals surface area contributed by atoms with Crippen molar-refractivity contribution in [3.05, 3.63) is 42.2 Å². The van der Waals surface area contributed by atoms with Crippen LogP contribution in [0.2, 0.25) is 0 Å². The largest absolute Gasteiger partial charge is 0.335 e. The molecule has 2 atom stereocenters. The molecule has 144 valence electrons. The molecular formula is C20H26N4O2S. The van der Waals surface area contributed by atoms with Gasteiger partial charge in [0, 0.05) is 43.3 Å². The molecule has 2 heterocycles. The number of likely N-dealkylation sites (tertiary alicyclic amines) is 1. The molecule has 7 heteroatoms. The topological polar surface area (TPSA) is 67.2 Å². The lowest BCUT2D eigenvalue weighted by Crippen LogP contribution is -2.37.